The standard InChI is InChI=1S/C19H25F3N2O5/c1-5-27-16(25)11(2)8-13-10-23-14-9-12(6-7-15(14)28-13)24-17(26)29-18(3,4)19(20,21)22/h6-7,9,11,13,23H,5,8,10H2,1-4H3,(H,24,26)/t11?,13-/m0/s1. The number of carbonyl (C=O) groups is 2. The van der Waals surface area contributed by atoms with E-state index >= 15 is 0 Å². The molecule has 2 N–H and O–H groups in total. The zero-order valence-electron chi connectivity index (χ0n) is 16.7. The van der Waals surface area contributed by atoms with Gasteiger partial charge in [0.15, 0.2) is 0 Å². The molecule has 0 aliphatic carbocycles. The van der Waals surface area contributed by atoms with Crippen LogP contribution in [0.1, 0.15) is 34.1 Å². The largest absolute Gasteiger partial charge is 0.486 e. The van der Waals surface area contributed by atoms with Crippen molar-refractivity contribution in [1.29, 1.82) is 0 Å². The number of nitrogens with one attached hydrogen (secondary N) is 2. The van der Waals surface area contributed by atoms with Crippen LogP contribution in [0.15, 0.2) is 18.2 Å². The number of hydrogen-bond donors (Lipinski definition) is 2. The maximum atomic E-state index is 12.8. The maximum absolute atomic E-state index is 12.8. The van der Waals surface area contributed by atoms with Gasteiger partial charge in [0, 0.05) is 5.69 Å². The van der Waals surface area contributed by atoms with Crippen molar-refractivity contribution in [2.24, 2.45) is 5.92 Å². The lowest BCUT2D eigenvalue weighted by Gasteiger charge is -2.29. The highest BCUT2D eigenvalue weighted by molar-refractivity contribution is 5.86. The Bertz CT molecular complexity index is 752. The Labute approximate surface area is 166 Å². The highest BCUT2D eigenvalue weighted by Gasteiger charge is 2.51. The fraction of sp³-hybridized carbons (Fsp3) is 0.579. The van der Waals surface area contributed by atoms with E-state index in [4.69, 9.17) is 9.47 Å². The van der Waals surface area contributed by atoms with Gasteiger partial charge in [-0.2, -0.15) is 13.2 Å². The average Bonchev–Trinajstić information content (AvgIpc) is 2.60. The number of benzene rings is 1. The van der Waals surface area contributed by atoms with Gasteiger partial charge in [0.1, 0.15) is 11.9 Å². The topological polar surface area (TPSA) is 85.9 Å². The van der Waals surface area contributed by atoms with Gasteiger partial charge in [-0.15, -0.1) is 0 Å². The minimum atomic E-state index is -4.69. The Kier molecular flexibility index (Phi) is 6.86. The molecule has 0 radical (unpaired) electrons. The van der Waals surface area contributed by atoms with E-state index in [1.807, 2.05) is 0 Å². The lowest BCUT2D eigenvalue weighted by molar-refractivity contribution is -0.242. The van der Waals surface area contributed by atoms with Gasteiger partial charge in [-0.1, -0.05) is 6.92 Å². The smallest absolute Gasteiger partial charge is 0.427 e. The van der Waals surface area contributed by atoms with E-state index in [1.54, 1.807) is 19.9 Å². The molecule has 2 atom stereocenters. The summed E-state index contributed by atoms with van der Waals surface area (Å²) in [5, 5.41) is 5.40. The highest BCUT2D eigenvalue weighted by atomic mass is 19.4. The molecule has 1 heterocycles. The van der Waals surface area contributed by atoms with Crippen molar-refractivity contribution in [1.82, 2.24) is 0 Å². The second-order valence-corrected chi connectivity index (χ2v) is 7.24. The molecule has 10 heteroatoms. The molecule has 29 heavy (non-hydrogen) atoms. The van der Waals surface area contributed by atoms with Crippen LogP contribution in [0.25, 0.3) is 0 Å². The lowest BCUT2D eigenvalue weighted by atomic mass is 10.0. The number of halogens is 3. The molecule has 1 aliphatic rings. The third kappa shape index (κ3) is 5.91. The summed E-state index contributed by atoms with van der Waals surface area (Å²) in [6.45, 7) is 5.78. The number of ether oxygens (including phenoxy) is 3. The summed E-state index contributed by atoms with van der Waals surface area (Å²) in [6, 6.07) is 4.59. The first-order valence-electron chi connectivity index (χ1n) is 9.21. The van der Waals surface area contributed by atoms with Crippen molar-refractivity contribution in [3.63, 3.8) is 0 Å². The molecule has 7 nitrogen and oxygen atoms in total. The Balaban J connectivity index is 1.96. The Hall–Kier alpha value is -2.65. The molecular weight excluding hydrogens is 393 g/mol. The van der Waals surface area contributed by atoms with Gasteiger partial charge < -0.3 is 19.5 Å². The quantitative estimate of drug-likeness (QED) is 0.669. The summed E-state index contributed by atoms with van der Waals surface area (Å²) >= 11 is 0. The number of carbonyl (C=O) groups excluding carboxylic acids is 2. The maximum Gasteiger partial charge on any atom is 0.427 e. The van der Waals surface area contributed by atoms with Gasteiger partial charge in [-0.05, 0) is 45.4 Å². The van der Waals surface area contributed by atoms with Crippen LogP contribution < -0.4 is 15.4 Å². The number of fused-ring (bicyclic) bond motifs is 1. The SMILES string of the molecule is CCOC(=O)C(C)C[C@H]1CNc2cc(NC(=O)OC(C)(C)C(F)(F)F)ccc2O1. The zero-order valence-corrected chi connectivity index (χ0v) is 16.7. The first kappa shape index (κ1) is 22.6. The number of alkyl halides is 3. The van der Waals surface area contributed by atoms with Crippen LogP contribution in [0.5, 0.6) is 5.75 Å². The Morgan fingerprint density at radius 3 is 2.66 bits per heavy atom. The Morgan fingerprint density at radius 2 is 2.03 bits per heavy atom. The van der Waals surface area contributed by atoms with E-state index in [0.717, 1.165) is 13.8 Å². The summed E-state index contributed by atoms with van der Waals surface area (Å²) in [5.74, 6) is -0.107. The molecule has 1 aromatic rings. The van der Waals surface area contributed by atoms with Gasteiger partial charge in [0.2, 0.25) is 5.60 Å². The van der Waals surface area contributed by atoms with Gasteiger partial charge in [-0.3, -0.25) is 10.1 Å². The second kappa shape index (κ2) is 8.79. The van der Waals surface area contributed by atoms with Crippen LogP contribution in [0, 0.1) is 5.92 Å². The van der Waals surface area contributed by atoms with Crippen molar-refractivity contribution < 1.29 is 37.0 Å². The Morgan fingerprint density at radius 1 is 1.34 bits per heavy atom. The van der Waals surface area contributed by atoms with Crippen LogP contribution in [0.4, 0.5) is 29.3 Å². The summed E-state index contributed by atoms with van der Waals surface area (Å²) in [6.07, 6.45) is -5.70. The zero-order chi connectivity index (χ0) is 21.8. The van der Waals surface area contributed by atoms with Crippen molar-refractivity contribution in [2.45, 2.75) is 52.0 Å². The van der Waals surface area contributed by atoms with E-state index < -0.39 is 17.9 Å². The number of esters is 1. The summed E-state index contributed by atoms with van der Waals surface area (Å²) in [4.78, 5) is 23.6. The van der Waals surface area contributed by atoms with Crippen LogP contribution in [0.3, 0.4) is 0 Å². The molecule has 162 valence electrons. The molecule has 0 spiro atoms. The second-order valence-electron chi connectivity index (χ2n) is 7.24. The first-order valence-corrected chi connectivity index (χ1v) is 9.21. The van der Waals surface area contributed by atoms with Gasteiger partial charge in [-0.25, -0.2) is 4.79 Å². The number of amides is 1. The van der Waals surface area contributed by atoms with Crippen molar-refractivity contribution in [3.05, 3.63) is 18.2 Å². The van der Waals surface area contributed by atoms with Crippen LogP contribution in [0.2, 0.25) is 0 Å². The number of anilines is 2. The normalized spacial score (nSPS) is 17.3. The fourth-order valence-electron chi connectivity index (χ4n) is 2.63. The molecule has 0 saturated heterocycles. The number of hydrogen-bond acceptors (Lipinski definition) is 6. The van der Waals surface area contributed by atoms with Crippen LogP contribution >= 0.6 is 0 Å². The van der Waals surface area contributed by atoms with Crippen LogP contribution in [-0.4, -0.2) is 43.1 Å². The third-order valence-electron chi connectivity index (χ3n) is 4.38. The lowest BCUT2D eigenvalue weighted by Crippen LogP contribution is -2.44. The van der Waals surface area contributed by atoms with Gasteiger partial charge in [0.25, 0.3) is 0 Å². The summed E-state index contributed by atoms with van der Waals surface area (Å²) in [7, 11) is 0. The van der Waals surface area contributed by atoms with Crippen molar-refractivity contribution >= 4 is 23.4 Å². The third-order valence-corrected chi connectivity index (χ3v) is 4.38. The van der Waals surface area contributed by atoms with E-state index in [0.29, 0.717) is 31.0 Å². The predicted molar refractivity (Wildman–Crippen MR) is 100.0 cm³/mol. The van der Waals surface area contributed by atoms with E-state index in [1.165, 1.54) is 12.1 Å². The molecule has 1 aliphatic heterocycles. The predicted octanol–water partition coefficient (Wildman–Crippen LogP) is 4.34. The summed E-state index contributed by atoms with van der Waals surface area (Å²) < 4.78 is 53.8. The first-order chi connectivity index (χ1) is 13.4. The average molecular weight is 418 g/mol. The minimum absolute atomic E-state index is 0.251. The molecule has 0 fully saturated rings. The van der Waals surface area contributed by atoms with E-state index in [2.05, 4.69) is 15.4 Å². The highest BCUT2D eigenvalue weighted by Crippen LogP contribution is 2.35. The molecule has 1 unspecified atom stereocenters. The van der Waals surface area contributed by atoms with Gasteiger partial charge in [0.05, 0.1) is 24.8 Å². The fourth-order valence-corrected chi connectivity index (χ4v) is 2.63. The molecular formula is C19H25F3N2O5. The molecule has 0 saturated carbocycles. The molecule has 2 rings (SSSR count). The molecule has 1 amide bonds. The molecule has 0 aromatic heterocycles. The molecule has 0 bridgehead atoms. The summed E-state index contributed by atoms with van der Waals surface area (Å²) in [5.41, 5.74) is -1.80. The van der Waals surface area contributed by atoms with E-state index in [9.17, 15) is 22.8 Å². The monoisotopic (exact) mass is 418 g/mol. The van der Waals surface area contributed by atoms with Crippen molar-refractivity contribution in [3.8, 4) is 5.75 Å². The van der Waals surface area contributed by atoms with Crippen LogP contribution in [-0.2, 0) is 14.3 Å². The van der Waals surface area contributed by atoms with Crippen molar-refractivity contribution in [2.75, 3.05) is 23.8 Å². The van der Waals surface area contributed by atoms with Gasteiger partial charge >= 0.3 is 18.2 Å². The molecule has 1 aromatic carbocycles. The minimum Gasteiger partial charge on any atom is -0.486 e. The number of rotatable bonds is 6. The van der Waals surface area contributed by atoms with E-state index in [-0.39, 0.29) is 23.7 Å².